The maximum atomic E-state index is 13.0. The Hall–Kier alpha value is -3.57. The van der Waals surface area contributed by atoms with E-state index in [9.17, 15) is 9.59 Å². The lowest BCUT2D eigenvalue weighted by Gasteiger charge is -2.24. The monoisotopic (exact) mass is 518 g/mol. The highest BCUT2D eigenvalue weighted by Gasteiger charge is 2.25. The van der Waals surface area contributed by atoms with Gasteiger partial charge in [-0.05, 0) is 45.4 Å². The van der Waals surface area contributed by atoms with Crippen molar-refractivity contribution in [3.63, 3.8) is 0 Å². The standard InChI is InChI=1S/C24H31ClN6O5/c1-14(12-35-13-15-7-8-18(34-6)17(26)9-15)28-22(32)16-11-27-31-20(10-19(25)29-21(16)31)30(5)23(33)36-24(2,3)4/h7-11,14H,12-13,26H2,1-6H3,(H,28,32)/t14-/m1/s1. The van der Waals surface area contributed by atoms with Crippen LogP contribution in [0.5, 0.6) is 5.75 Å². The van der Waals surface area contributed by atoms with E-state index in [1.807, 2.05) is 13.0 Å². The van der Waals surface area contributed by atoms with Crippen molar-refractivity contribution < 1.29 is 23.8 Å². The maximum absolute atomic E-state index is 13.0. The van der Waals surface area contributed by atoms with Crippen LogP contribution in [-0.2, 0) is 16.1 Å². The fraction of sp³-hybridized carbons (Fsp3) is 0.417. The molecule has 12 heteroatoms. The summed E-state index contributed by atoms with van der Waals surface area (Å²) in [5.41, 5.74) is 7.05. The van der Waals surface area contributed by atoms with Gasteiger partial charge in [-0.25, -0.2) is 9.78 Å². The predicted molar refractivity (Wildman–Crippen MR) is 137 cm³/mol. The summed E-state index contributed by atoms with van der Waals surface area (Å²) >= 11 is 6.20. The largest absolute Gasteiger partial charge is 0.495 e. The number of methoxy groups -OCH3 is 1. The lowest BCUT2D eigenvalue weighted by molar-refractivity contribution is 0.0587. The van der Waals surface area contributed by atoms with Gasteiger partial charge in [0.25, 0.3) is 5.91 Å². The molecule has 2 heterocycles. The molecule has 0 saturated heterocycles. The van der Waals surface area contributed by atoms with Crippen LogP contribution in [0.25, 0.3) is 5.65 Å². The van der Waals surface area contributed by atoms with Crippen LogP contribution in [0.1, 0.15) is 43.6 Å². The molecule has 3 N–H and O–H groups in total. The Morgan fingerprint density at radius 1 is 1.28 bits per heavy atom. The van der Waals surface area contributed by atoms with Crippen LogP contribution in [0, 0.1) is 0 Å². The minimum absolute atomic E-state index is 0.0950. The van der Waals surface area contributed by atoms with Crippen LogP contribution in [0.4, 0.5) is 16.3 Å². The molecule has 1 atom stereocenters. The molecular weight excluding hydrogens is 488 g/mol. The van der Waals surface area contributed by atoms with E-state index in [1.54, 1.807) is 40.0 Å². The van der Waals surface area contributed by atoms with Crippen molar-refractivity contribution in [2.24, 2.45) is 0 Å². The molecule has 0 spiro atoms. The number of anilines is 2. The number of aromatic nitrogens is 3. The molecule has 0 saturated carbocycles. The number of rotatable bonds is 8. The highest BCUT2D eigenvalue weighted by molar-refractivity contribution is 6.30. The van der Waals surface area contributed by atoms with Crippen LogP contribution >= 0.6 is 11.6 Å². The number of benzene rings is 1. The third-order valence-electron chi connectivity index (χ3n) is 4.99. The molecule has 0 unspecified atom stereocenters. The van der Waals surface area contributed by atoms with Crippen molar-refractivity contribution in [1.29, 1.82) is 0 Å². The Labute approximate surface area is 214 Å². The third-order valence-corrected chi connectivity index (χ3v) is 5.18. The number of nitrogens with zero attached hydrogens (tertiary/aromatic N) is 4. The van der Waals surface area contributed by atoms with Gasteiger partial charge in [-0.15, -0.1) is 0 Å². The van der Waals surface area contributed by atoms with Crippen molar-refractivity contribution in [2.45, 2.75) is 45.9 Å². The van der Waals surface area contributed by atoms with Crippen molar-refractivity contribution in [3.05, 3.63) is 46.7 Å². The molecule has 0 fully saturated rings. The average molecular weight is 519 g/mol. The molecule has 11 nitrogen and oxygen atoms in total. The first-order valence-corrected chi connectivity index (χ1v) is 11.6. The summed E-state index contributed by atoms with van der Waals surface area (Å²) in [5, 5.41) is 7.20. The number of ether oxygens (including phenoxy) is 3. The molecule has 0 aliphatic carbocycles. The van der Waals surface area contributed by atoms with Crippen molar-refractivity contribution in [2.75, 3.05) is 31.4 Å². The zero-order chi connectivity index (χ0) is 26.6. The van der Waals surface area contributed by atoms with Crippen molar-refractivity contribution >= 4 is 40.8 Å². The quantitative estimate of drug-likeness (QED) is 0.341. The Kier molecular flexibility index (Phi) is 8.26. The van der Waals surface area contributed by atoms with E-state index in [-0.39, 0.29) is 29.0 Å². The Balaban J connectivity index is 1.68. The molecule has 0 aliphatic heterocycles. The van der Waals surface area contributed by atoms with Crippen LogP contribution in [0.15, 0.2) is 30.5 Å². The molecule has 2 aromatic heterocycles. The van der Waals surface area contributed by atoms with Crippen molar-refractivity contribution in [3.8, 4) is 5.75 Å². The van der Waals surface area contributed by atoms with Crippen molar-refractivity contribution in [1.82, 2.24) is 19.9 Å². The lowest BCUT2D eigenvalue weighted by Crippen LogP contribution is -2.36. The summed E-state index contributed by atoms with van der Waals surface area (Å²) in [6.45, 7) is 7.69. The molecule has 3 aromatic rings. The van der Waals surface area contributed by atoms with Gasteiger partial charge in [0.05, 0.1) is 32.2 Å². The fourth-order valence-electron chi connectivity index (χ4n) is 3.31. The zero-order valence-corrected chi connectivity index (χ0v) is 21.9. The molecule has 3 rings (SSSR count). The van der Waals surface area contributed by atoms with Crippen LogP contribution < -0.4 is 20.7 Å². The van der Waals surface area contributed by atoms with Gasteiger partial charge in [0.15, 0.2) is 5.65 Å². The van der Waals surface area contributed by atoms with E-state index < -0.39 is 17.6 Å². The zero-order valence-electron chi connectivity index (χ0n) is 21.2. The molecule has 0 aliphatic rings. The highest BCUT2D eigenvalue weighted by Crippen LogP contribution is 2.24. The van der Waals surface area contributed by atoms with Gasteiger partial charge in [-0.2, -0.15) is 9.61 Å². The Bertz CT molecular complexity index is 1260. The lowest BCUT2D eigenvalue weighted by atomic mass is 10.2. The van der Waals surface area contributed by atoms with Gasteiger partial charge in [0.1, 0.15) is 27.9 Å². The first-order valence-electron chi connectivity index (χ1n) is 11.2. The molecule has 2 amide bonds. The second kappa shape index (κ2) is 11.0. The Morgan fingerprint density at radius 3 is 2.64 bits per heavy atom. The van der Waals surface area contributed by atoms with E-state index in [2.05, 4.69) is 15.4 Å². The summed E-state index contributed by atoms with van der Waals surface area (Å²) < 4.78 is 17.7. The summed E-state index contributed by atoms with van der Waals surface area (Å²) in [4.78, 5) is 31.0. The van der Waals surface area contributed by atoms with E-state index in [0.717, 1.165) is 5.56 Å². The number of carbonyl (C=O) groups excluding carboxylic acids is 2. The fourth-order valence-corrected chi connectivity index (χ4v) is 3.49. The van der Waals surface area contributed by atoms with Gasteiger partial charge >= 0.3 is 6.09 Å². The van der Waals surface area contributed by atoms with E-state index in [0.29, 0.717) is 23.9 Å². The molecular formula is C24H31ClN6O5. The smallest absolute Gasteiger partial charge is 0.415 e. The molecule has 0 bridgehead atoms. The second-order valence-electron chi connectivity index (χ2n) is 9.24. The summed E-state index contributed by atoms with van der Waals surface area (Å²) in [7, 11) is 3.08. The highest BCUT2D eigenvalue weighted by atomic mass is 35.5. The number of hydrogen-bond acceptors (Lipinski definition) is 8. The first kappa shape index (κ1) is 27.0. The van der Waals surface area contributed by atoms with Crippen LogP contribution in [0.3, 0.4) is 0 Å². The number of carbonyl (C=O) groups is 2. The maximum Gasteiger partial charge on any atom is 0.415 e. The Morgan fingerprint density at radius 2 is 2.00 bits per heavy atom. The number of nitrogen functional groups attached to an aromatic ring is 1. The summed E-state index contributed by atoms with van der Waals surface area (Å²) in [6.07, 6.45) is 0.769. The van der Waals surface area contributed by atoms with E-state index >= 15 is 0 Å². The first-order chi connectivity index (χ1) is 16.9. The number of hydrogen-bond donors (Lipinski definition) is 2. The number of halogens is 1. The molecule has 194 valence electrons. The summed E-state index contributed by atoms with van der Waals surface area (Å²) in [6, 6.07) is 6.57. The van der Waals surface area contributed by atoms with E-state index in [1.165, 1.54) is 28.7 Å². The molecule has 0 radical (unpaired) electrons. The normalized spacial score (nSPS) is 12.3. The number of nitrogens with two attached hydrogens (primary N) is 1. The van der Waals surface area contributed by atoms with Gasteiger partial charge in [0, 0.05) is 19.2 Å². The predicted octanol–water partition coefficient (Wildman–Crippen LogP) is 3.68. The SMILES string of the molecule is COc1ccc(COC[C@@H](C)NC(=O)c2cnn3c(N(C)C(=O)OC(C)(C)C)cc(Cl)nc23)cc1N. The van der Waals surface area contributed by atoms with Gasteiger partial charge in [0.2, 0.25) is 0 Å². The van der Waals surface area contributed by atoms with Gasteiger partial charge in [-0.3, -0.25) is 9.69 Å². The number of amides is 2. The van der Waals surface area contributed by atoms with Gasteiger partial charge < -0.3 is 25.3 Å². The topological polar surface area (TPSA) is 133 Å². The minimum Gasteiger partial charge on any atom is -0.495 e. The number of nitrogens with one attached hydrogen (secondary N) is 1. The van der Waals surface area contributed by atoms with E-state index in [4.69, 9.17) is 31.5 Å². The summed E-state index contributed by atoms with van der Waals surface area (Å²) in [5.74, 6) is 0.491. The van der Waals surface area contributed by atoms with Crippen LogP contribution in [-0.4, -0.2) is 59.0 Å². The average Bonchev–Trinajstić information content (AvgIpc) is 3.20. The third kappa shape index (κ3) is 6.55. The molecule has 36 heavy (non-hydrogen) atoms. The van der Waals surface area contributed by atoms with Crippen LogP contribution in [0.2, 0.25) is 5.15 Å². The second-order valence-corrected chi connectivity index (χ2v) is 9.62. The number of fused-ring (bicyclic) bond motifs is 1. The molecule has 1 aromatic carbocycles. The van der Waals surface area contributed by atoms with Gasteiger partial charge in [-0.1, -0.05) is 17.7 Å². The minimum atomic E-state index is -0.686.